The number of carbonyl (C=O) groups excluding carboxylic acids is 1. The standard InChI is InChI=1S/C26H28F3N3O4/c1-34-21-14-18(15-22(35-2)24(21)36-3)8-9-23(33)31-12-10-17(11-13-31)16-32-20-7-5-4-6-19(20)30-25(32)26(27,28)29/h4-9,14-15,17H,10-13,16H2,1-3H3/b9-8+. The van der Waals surface area contributed by atoms with Crippen molar-refractivity contribution in [1.82, 2.24) is 14.5 Å². The van der Waals surface area contributed by atoms with Gasteiger partial charge in [-0.15, -0.1) is 0 Å². The Hall–Kier alpha value is -3.69. The molecule has 3 aromatic rings. The summed E-state index contributed by atoms with van der Waals surface area (Å²) in [6.07, 6.45) is -0.174. The number of methoxy groups -OCH3 is 3. The van der Waals surface area contributed by atoms with Crippen molar-refractivity contribution in [3.05, 3.63) is 53.9 Å². The molecule has 1 amide bonds. The lowest BCUT2D eigenvalue weighted by atomic mass is 9.96. The lowest BCUT2D eigenvalue weighted by Gasteiger charge is -2.32. The summed E-state index contributed by atoms with van der Waals surface area (Å²) in [4.78, 5) is 18.3. The summed E-state index contributed by atoms with van der Waals surface area (Å²) in [6.45, 7) is 1.15. The van der Waals surface area contributed by atoms with E-state index in [-0.39, 0.29) is 18.4 Å². The summed E-state index contributed by atoms with van der Waals surface area (Å²) < 4.78 is 58.1. The quantitative estimate of drug-likeness (QED) is 0.423. The monoisotopic (exact) mass is 503 g/mol. The first-order valence-corrected chi connectivity index (χ1v) is 11.5. The van der Waals surface area contributed by atoms with Gasteiger partial charge < -0.3 is 23.7 Å². The van der Waals surface area contributed by atoms with Crippen molar-refractivity contribution in [2.45, 2.75) is 25.6 Å². The number of halogens is 3. The molecule has 1 aliphatic heterocycles. The zero-order valence-corrected chi connectivity index (χ0v) is 20.3. The molecule has 192 valence electrons. The minimum absolute atomic E-state index is 0.00634. The Labute approximate surface area is 207 Å². The van der Waals surface area contributed by atoms with E-state index >= 15 is 0 Å². The molecule has 1 aliphatic rings. The molecule has 10 heteroatoms. The number of ether oxygens (including phenoxy) is 3. The van der Waals surface area contributed by atoms with Crippen molar-refractivity contribution in [3.63, 3.8) is 0 Å². The van der Waals surface area contributed by atoms with E-state index in [2.05, 4.69) is 4.98 Å². The molecule has 7 nitrogen and oxygen atoms in total. The number of hydrogen-bond donors (Lipinski definition) is 0. The highest BCUT2D eigenvalue weighted by molar-refractivity contribution is 5.92. The smallest absolute Gasteiger partial charge is 0.449 e. The number of nitrogens with zero attached hydrogens (tertiary/aromatic N) is 3. The second-order valence-corrected chi connectivity index (χ2v) is 8.59. The molecule has 1 saturated heterocycles. The Morgan fingerprint density at radius 3 is 2.28 bits per heavy atom. The van der Waals surface area contributed by atoms with Crippen LogP contribution in [0.15, 0.2) is 42.5 Å². The summed E-state index contributed by atoms with van der Waals surface area (Å²) in [7, 11) is 4.55. The van der Waals surface area contributed by atoms with E-state index in [4.69, 9.17) is 14.2 Å². The van der Waals surface area contributed by atoms with Gasteiger partial charge in [-0.1, -0.05) is 12.1 Å². The number of hydrogen-bond acceptors (Lipinski definition) is 5. The Bertz CT molecular complexity index is 1240. The molecule has 0 saturated carbocycles. The van der Waals surface area contributed by atoms with Gasteiger partial charge in [0, 0.05) is 25.7 Å². The van der Waals surface area contributed by atoms with Gasteiger partial charge in [0.15, 0.2) is 11.5 Å². The van der Waals surface area contributed by atoms with Gasteiger partial charge in [0.2, 0.25) is 17.5 Å². The molecule has 2 heterocycles. The molecular weight excluding hydrogens is 475 g/mol. The van der Waals surface area contributed by atoms with Crippen molar-refractivity contribution >= 4 is 23.0 Å². The third-order valence-electron chi connectivity index (χ3n) is 6.38. The summed E-state index contributed by atoms with van der Waals surface area (Å²) in [5.74, 6) is 0.392. The number of benzene rings is 2. The number of amides is 1. The largest absolute Gasteiger partial charge is 0.493 e. The molecule has 0 unspecified atom stereocenters. The number of fused-ring (bicyclic) bond motifs is 1. The fourth-order valence-corrected chi connectivity index (χ4v) is 4.54. The predicted molar refractivity (Wildman–Crippen MR) is 129 cm³/mol. The summed E-state index contributed by atoms with van der Waals surface area (Å²) >= 11 is 0. The maximum atomic E-state index is 13.6. The normalized spacial score (nSPS) is 15.0. The third-order valence-corrected chi connectivity index (χ3v) is 6.38. The zero-order chi connectivity index (χ0) is 25.9. The molecule has 0 bridgehead atoms. The topological polar surface area (TPSA) is 65.8 Å². The minimum Gasteiger partial charge on any atom is -0.493 e. The second kappa shape index (κ2) is 10.5. The van der Waals surface area contributed by atoms with Crippen molar-refractivity contribution in [1.29, 1.82) is 0 Å². The number of carbonyl (C=O) groups is 1. The Balaban J connectivity index is 1.42. The lowest BCUT2D eigenvalue weighted by Crippen LogP contribution is -2.38. The van der Waals surface area contributed by atoms with Gasteiger partial charge in [0.25, 0.3) is 0 Å². The molecule has 36 heavy (non-hydrogen) atoms. The highest BCUT2D eigenvalue weighted by atomic mass is 19.4. The van der Waals surface area contributed by atoms with Gasteiger partial charge in [0.1, 0.15) is 0 Å². The number of piperidine rings is 1. The van der Waals surface area contributed by atoms with E-state index < -0.39 is 12.0 Å². The molecule has 0 spiro atoms. The fraction of sp³-hybridized carbons (Fsp3) is 0.385. The van der Waals surface area contributed by atoms with E-state index in [0.29, 0.717) is 59.8 Å². The van der Waals surface area contributed by atoms with Crippen LogP contribution in [0.5, 0.6) is 17.2 Å². The van der Waals surface area contributed by atoms with Crippen molar-refractivity contribution < 1.29 is 32.2 Å². The van der Waals surface area contributed by atoms with Crippen molar-refractivity contribution in [3.8, 4) is 17.2 Å². The van der Waals surface area contributed by atoms with Gasteiger partial charge in [-0.2, -0.15) is 13.2 Å². The van der Waals surface area contributed by atoms with Crippen LogP contribution in [0.3, 0.4) is 0 Å². The Morgan fingerprint density at radius 1 is 1.06 bits per heavy atom. The van der Waals surface area contributed by atoms with Crippen molar-refractivity contribution in [2.75, 3.05) is 34.4 Å². The maximum absolute atomic E-state index is 13.6. The number of likely N-dealkylation sites (tertiary alicyclic amines) is 1. The molecule has 1 fully saturated rings. The van der Waals surface area contributed by atoms with E-state index in [1.807, 2.05) is 0 Å². The van der Waals surface area contributed by atoms with Gasteiger partial charge >= 0.3 is 6.18 Å². The Morgan fingerprint density at radius 2 is 1.69 bits per heavy atom. The predicted octanol–water partition coefficient (Wildman–Crippen LogP) is 5.03. The number of rotatable bonds is 7. The average molecular weight is 504 g/mol. The van der Waals surface area contributed by atoms with Crippen LogP contribution in [0.25, 0.3) is 17.1 Å². The number of para-hydroxylation sites is 2. The molecule has 4 rings (SSSR count). The lowest BCUT2D eigenvalue weighted by molar-refractivity contribution is -0.147. The first-order chi connectivity index (χ1) is 17.2. The molecule has 0 N–H and O–H groups in total. The van der Waals surface area contributed by atoms with Gasteiger partial charge in [-0.3, -0.25) is 4.79 Å². The maximum Gasteiger partial charge on any atom is 0.449 e. The molecular formula is C26H28F3N3O4. The molecule has 0 atom stereocenters. The first-order valence-electron chi connectivity index (χ1n) is 11.5. The number of alkyl halides is 3. The number of aromatic nitrogens is 2. The van der Waals surface area contributed by atoms with E-state index in [9.17, 15) is 18.0 Å². The summed E-state index contributed by atoms with van der Waals surface area (Å²) in [5.41, 5.74) is 1.50. The van der Waals surface area contributed by atoms with E-state index in [0.717, 1.165) is 0 Å². The molecule has 0 aliphatic carbocycles. The zero-order valence-electron chi connectivity index (χ0n) is 20.3. The van der Waals surface area contributed by atoms with Crippen LogP contribution in [0.4, 0.5) is 13.2 Å². The van der Waals surface area contributed by atoms with Crippen LogP contribution >= 0.6 is 0 Å². The van der Waals surface area contributed by atoms with E-state index in [1.54, 1.807) is 47.4 Å². The van der Waals surface area contributed by atoms with Crippen LogP contribution in [0, 0.1) is 5.92 Å². The highest BCUT2D eigenvalue weighted by Crippen LogP contribution is 2.38. The van der Waals surface area contributed by atoms with Crippen LogP contribution in [-0.2, 0) is 17.5 Å². The fourth-order valence-electron chi connectivity index (χ4n) is 4.54. The van der Waals surface area contributed by atoms with Crippen LogP contribution in [-0.4, -0.2) is 54.8 Å². The molecule has 0 radical (unpaired) electrons. The summed E-state index contributed by atoms with van der Waals surface area (Å²) in [6, 6.07) is 10.1. The van der Waals surface area contributed by atoms with Gasteiger partial charge in [0.05, 0.1) is 32.4 Å². The van der Waals surface area contributed by atoms with E-state index in [1.165, 1.54) is 32.0 Å². The third kappa shape index (κ3) is 5.27. The minimum atomic E-state index is -4.53. The average Bonchev–Trinajstić information content (AvgIpc) is 3.26. The second-order valence-electron chi connectivity index (χ2n) is 8.59. The van der Waals surface area contributed by atoms with Gasteiger partial charge in [-0.05, 0) is 54.7 Å². The van der Waals surface area contributed by atoms with Gasteiger partial charge in [-0.25, -0.2) is 4.98 Å². The Kier molecular flexibility index (Phi) is 7.42. The van der Waals surface area contributed by atoms with Crippen LogP contribution < -0.4 is 14.2 Å². The molecule has 1 aromatic heterocycles. The molecule has 2 aromatic carbocycles. The van der Waals surface area contributed by atoms with Crippen molar-refractivity contribution in [2.24, 2.45) is 5.92 Å². The van der Waals surface area contributed by atoms with Crippen LogP contribution in [0.2, 0.25) is 0 Å². The highest BCUT2D eigenvalue weighted by Gasteiger charge is 2.38. The van der Waals surface area contributed by atoms with Crippen LogP contribution in [0.1, 0.15) is 24.2 Å². The SMILES string of the molecule is COc1cc(/C=C/C(=O)N2CCC(Cn3c(C(F)(F)F)nc4ccccc43)CC2)cc(OC)c1OC. The summed E-state index contributed by atoms with van der Waals surface area (Å²) in [5, 5.41) is 0. The number of imidazole rings is 1. The first kappa shape index (κ1) is 25.4.